The van der Waals surface area contributed by atoms with Crippen LogP contribution in [0.4, 0.5) is 0 Å². The maximum absolute atomic E-state index is 12.2. The number of carbonyl (C=O) groups excluding carboxylic acids is 3. The van der Waals surface area contributed by atoms with E-state index in [1.54, 1.807) is 6.92 Å². The van der Waals surface area contributed by atoms with Crippen molar-refractivity contribution >= 4 is 23.5 Å². The maximum atomic E-state index is 12.2. The summed E-state index contributed by atoms with van der Waals surface area (Å²) in [4.78, 5) is 34.9. The summed E-state index contributed by atoms with van der Waals surface area (Å²) in [5.41, 5.74) is 4.60. The van der Waals surface area contributed by atoms with Crippen molar-refractivity contribution in [3.05, 3.63) is 52.2 Å². The lowest BCUT2D eigenvalue weighted by Crippen LogP contribution is -2.15. The largest absolute Gasteiger partial charge is 0.332 e. The quantitative estimate of drug-likeness (QED) is 0.584. The third-order valence-electron chi connectivity index (χ3n) is 4.05. The number of hydrogen-bond acceptors (Lipinski definition) is 3. The molecule has 1 N–H and O–H groups in total. The zero-order chi connectivity index (χ0) is 18.3. The molecule has 1 rings (SSSR count). The average Bonchev–Trinajstić information content (AvgIpc) is 2.52. The number of rotatable bonds is 8. The summed E-state index contributed by atoms with van der Waals surface area (Å²) in [5.74, 6) is -0.218. The highest BCUT2D eigenvalue weighted by Crippen LogP contribution is 2.28. The Morgan fingerprint density at radius 1 is 1.00 bits per heavy atom. The van der Waals surface area contributed by atoms with Gasteiger partial charge in [-0.25, -0.2) is 0 Å². The Balaban J connectivity index is 3.45. The molecule has 0 aliphatic rings. The number of ketones is 2. The second kappa shape index (κ2) is 8.96. The Hall–Kier alpha value is -2.49. The number of Topliss-reactive ketones (excluding diaryl/α,β-unsaturated/α-hetero) is 2. The summed E-state index contributed by atoms with van der Waals surface area (Å²) in [5, 5.41) is 2.52. The van der Waals surface area contributed by atoms with E-state index in [-0.39, 0.29) is 18.0 Å². The van der Waals surface area contributed by atoms with Gasteiger partial charge < -0.3 is 5.32 Å². The van der Waals surface area contributed by atoms with Crippen molar-refractivity contribution in [3.63, 3.8) is 0 Å². The molecular weight excluding hydrogens is 302 g/mol. The molecule has 0 bridgehead atoms. The van der Waals surface area contributed by atoms with E-state index in [2.05, 4.69) is 5.32 Å². The normalized spacial score (nSPS) is 12.9. The molecule has 0 aromatic heterocycles. The van der Waals surface area contributed by atoms with E-state index in [1.165, 1.54) is 13.8 Å². The molecule has 24 heavy (non-hydrogen) atoms. The van der Waals surface area contributed by atoms with Crippen LogP contribution in [0.25, 0.3) is 5.57 Å². The number of nitrogens with one attached hydrogen (secondary N) is 1. The van der Waals surface area contributed by atoms with E-state index >= 15 is 0 Å². The lowest BCUT2D eigenvalue weighted by molar-refractivity contribution is -0.113. The topological polar surface area (TPSA) is 63.2 Å². The molecule has 4 nitrogen and oxygen atoms in total. The van der Waals surface area contributed by atoms with E-state index in [1.807, 2.05) is 38.1 Å². The van der Waals surface area contributed by atoms with Gasteiger partial charge in [-0.15, -0.1) is 0 Å². The minimum absolute atomic E-state index is 0.0647. The van der Waals surface area contributed by atoms with Gasteiger partial charge in [0.1, 0.15) is 0 Å². The Bertz CT molecular complexity index is 694. The minimum Gasteiger partial charge on any atom is -0.332 e. The van der Waals surface area contributed by atoms with Gasteiger partial charge in [0.05, 0.1) is 0 Å². The van der Waals surface area contributed by atoms with Crippen LogP contribution in [-0.4, -0.2) is 18.0 Å². The van der Waals surface area contributed by atoms with Gasteiger partial charge >= 0.3 is 0 Å². The highest BCUT2D eigenvalue weighted by molar-refractivity contribution is 6.04. The second-order valence-electron chi connectivity index (χ2n) is 5.83. The smallest absolute Gasteiger partial charge is 0.211 e. The first kappa shape index (κ1) is 19.6. The molecule has 0 radical (unpaired) electrons. The first-order chi connectivity index (χ1) is 11.3. The van der Waals surface area contributed by atoms with Crippen LogP contribution < -0.4 is 5.32 Å². The van der Waals surface area contributed by atoms with Crippen molar-refractivity contribution in [2.45, 2.75) is 47.5 Å². The van der Waals surface area contributed by atoms with Gasteiger partial charge in [-0.1, -0.05) is 36.8 Å². The number of aryl methyl sites for hydroxylation is 1. The monoisotopic (exact) mass is 327 g/mol. The van der Waals surface area contributed by atoms with Gasteiger partial charge in [-0.05, 0) is 45.3 Å². The molecule has 0 spiro atoms. The van der Waals surface area contributed by atoms with Gasteiger partial charge in [-0.2, -0.15) is 0 Å². The molecule has 0 unspecified atom stereocenters. The Morgan fingerprint density at radius 3 is 1.96 bits per heavy atom. The third kappa shape index (κ3) is 5.01. The molecule has 0 aliphatic carbocycles. The lowest BCUT2D eigenvalue weighted by atomic mass is 9.89. The fourth-order valence-corrected chi connectivity index (χ4v) is 2.66. The van der Waals surface area contributed by atoms with Gasteiger partial charge in [0, 0.05) is 23.3 Å². The fourth-order valence-electron chi connectivity index (χ4n) is 2.66. The summed E-state index contributed by atoms with van der Waals surface area (Å²) < 4.78 is 0. The van der Waals surface area contributed by atoms with Crippen LogP contribution in [0, 0.1) is 6.92 Å². The van der Waals surface area contributed by atoms with E-state index < -0.39 is 0 Å². The number of allylic oxidation sites excluding steroid dienone is 4. The molecule has 0 saturated heterocycles. The Labute approximate surface area is 143 Å². The first-order valence-corrected chi connectivity index (χ1v) is 8.02. The molecule has 1 aromatic carbocycles. The van der Waals surface area contributed by atoms with E-state index in [4.69, 9.17) is 0 Å². The SMILES string of the molecule is CC/C(=C(\C/C(C(C)=O)=C(\C)NC=O)C(C)=O)c1ccc(C)cc1. The number of hydrogen-bond donors (Lipinski definition) is 1. The van der Waals surface area contributed by atoms with Crippen molar-refractivity contribution in [2.24, 2.45) is 0 Å². The third-order valence-corrected chi connectivity index (χ3v) is 4.05. The molecule has 0 heterocycles. The molecule has 4 heteroatoms. The lowest BCUT2D eigenvalue weighted by Gasteiger charge is -2.15. The highest BCUT2D eigenvalue weighted by atomic mass is 16.1. The summed E-state index contributed by atoms with van der Waals surface area (Å²) in [6.45, 7) is 8.63. The molecule has 128 valence electrons. The van der Waals surface area contributed by atoms with Gasteiger partial charge in [0.2, 0.25) is 6.41 Å². The molecule has 1 aromatic rings. The van der Waals surface area contributed by atoms with Crippen LogP contribution in [-0.2, 0) is 14.4 Å². The highest BCUT2D eigenvalue weighted by Gasteiger charge is 2.18. The molecular formula is C20H25NO3. The van der Waals surface area contributed by atoms with Gasteiger partial charge in [0.15, 0.2) is 11.6 Å². The Kier molecular flexibility index (Phi) is 7.31. The zero-order valence-corrected chi connectivity index (χ0v) is 15.0. The van der Waals surface area contributed by atoms with Crippen molar-refractivity contribution in [2.75, 3.05) is 0 Å². The van der Waals surface area contributed by atoms with Crippen molar-refractivity contribution in [1.82, 2.24) is 5.32 Å². The maximum Gasteiger partial charge on any atom is 0.211 e. The predicted octanol–water partition coefficient (Wildman–Crippen LogP) is 3.75. The fraction of sp³-hybridized carbons (Fsp3) is 0.350. The van der Waals surface area contributed by atoms with Crippen molar-refractivity contribution in [3.8, 4) is 0 Å². The molecule has 0 aliphatic heterocycles. The summed E-state index contributed by atoms with van der Waals surface area (Å²) >= 11 is 0. The van der Waals surface area contributed by atoms with Crippen LogP contribution in [0.5, 0.6) is 0 Å². The zero-order valence-electron chi connectivity index (χ0n) is 15.0. The summed E-state index contributed by atoms with van der Waals surface area (Å²) in [6.07, 6.45) is 1.44. The number of carbonyl (C=O) groups is 3. The van der Waals surface area contributed by atoms with Crippen molar-refractivity contribution in [1.29, 1.82) is 0 Å². The summed E-state index contributed by atoms with van der Waals surface area (Å²) in [7, 11) is 0. The van der Waals surface area contributed by atoms with Crippen LogP contribution >= 0.6 is 0 Å². The van der Waals surface area contributed by atoms with Gasteiger partial charge in [0.25, 0.3) is 0 Å². The minimum atomic E-state index is -0.153. The standard InChI is InChI=1S/C20H25NO3/c1-6-18(17-9-7-13(2)8-10-17)20(16(5)24)11-19(15(4)23)14(3)21-12-22/h7-10,12H,6,11H2,1-5H3,(H,21,22)/b19-14-,20-18-. The van der Waals surface area contributed by atoms with Crippen molar-refractivity contribution < 1.29 is 14.4 Å². The van der Waals surface area contributed by atoms with Crippen LogP contribution in [0.1, 0.15) is 51.7 Å². The number of benzene rings is 1. The van der Waals surface area contributed by atoms with Crippen LogP contribution in [0.3, 0.4) is 0 Å². The van der Waals surface area contributed by atoms with E-state index in [0.717, 1.165) is 16.7 Å². The molecule has 0 atom stereocenters. The average molecular weight is 327 g/mol. The van der Waals surface area contributed by atoms with Crippen LogP contribution in [0.2, 0.25) is 0 Å². The first-order valence-electron chi connectivity index (χ1n) is 8.02. The summed E-state index contributed by atoms with van der Waals surface area (Å²) in [6, 6.07) is 7.99. The van der Waals surface area contributed by atoms with Crippen LogP contribution in [0.15, 0.2) is 41.1 Å². The molecule has 0 fully saturated rings. The second-order valence-corrected chi connectivity index (χ2v) is 5.83. The number of amides is 1. The van der Waals surface area contributed by atoms with Gasteiger partial charge in [-0.3, -0.25) is 14.4 Å². The molecule has 0 saturated carbocycles. The Morgan fingerprint density at radius 2 is 1.54 bits per heavy atom. The molecule has 1 amide bonds. The van der Waals surface area contributed by atoms with E-state index in [0.29, 0.717) is 29.7 Å². The predicted molar refractivity (Wildman–Crippen MR) is 96.3 cm³/mol. The van der Waals surface area contributed by atoms with E-state index in [9.17, 15) is 14.4 Å².